The van der Waals surface area contributed by atoms with Crippen LogP contribution in [0.25, 0.3) is 0 Å². The molecule has 4 heteroatoms. The highest BCUT2D eigenvalue weighted by Crippen LogP contribution is 2.30. The number of rotatable bonds is 3. The third-order valence-electron chi connectivity index (χ3n) is 2.55. The van der Waals surface area contributed by atoms with Gasteiger partial charge in [0.2, 0.25) is 5.82 Å². The van der Waals surface area contributed by atoms with Gasteiger partial charge in [-0.2, -0.15) is 4.39 Å². The van der Waals surface area contributed by atoms with Crippen LogP contribution >= 0.6 is 0 Å². The molecule has 0 heterocycles. The molecular weight excluding hydrogens is 236 g/mol. The highest BCUT2D eigenvalue weighted by Gasteiger charge is 2.13. The first-order valence-corrected chi connectivity index (χ1v) is 5.56. The Kier molecular flexibility index (Phi) is 3.58. The van der Waals surface area contributed by atoms with Gasteiger partial charge >= 0.3 is 0 Å². The van der Waals surface area contributed by atoms with Crippen LogP contribution in [0.1, 0.15) is 18.5 Å². The quantitative estimate of drug-likeness (QED) is 0.898. The Balaban J connectivity index is 2.37. The van der Waals surface area contributed by atoms with Gasteiger partial charge in [0.15, 0.2) is 11.6 Å². The number of ether oxygens (including phenoxy) is 1. The van der Waals surface area contributed by atoms with Gasteiger partial charge in [-0.3, -0.25) is 0 Å². The van der Waals surface area contributed by atoms with Crippen LogP contribution in [0.5, 0.6) is 11.5 Å². The summed E-state index contributed by atoms with van der Waals surface area (Å²) in [5, 5.41) is 0. The van der Waals surface area contributed by atoms with Crippen LogP contribution < -0.4 is 10.5 Å². The average Bonchev–Trinajstić information content (AvgIpc) is 2.35. The molecule has 18 heavy (non-hydrogen) atoms. The summed E-state index contributed by atoms with van der Waals surface area (Å²) in [6.07, 6.45) is 0. The molecular formula is C14H13F2NO. The lowest BCUT2D eigenvalue weighted by atomic mass is 10.1. The fourth-order valence-electron chi connectivity index (χ4n) is 1.63. The molecule has 0 spiro atoms. The van der Waals surface area contributed by atoms with Crippen LogP contribution in [0, 0.1) is 11.6 Å². The zero-order valence-electron chi connectivity index (χ0n) is 9.86. The molecule has 0 aliphatic rings. The lowest BCUT2D eigenvalue weighted by molar-refractivity contribution is 0.411. The Labute approximate surface area is 104 Å². The highest BCUT2D eigenvalue weighted by atomic mass is 19.2. The second kappa shape index (κ2) is 5.14. The summed E-state index contributed by atoms with van der Waals surface area (Å²) in [7, 11) is 0. The lowest BCUT2D eigenvalue weighted by Gasteiger charge is -2.13. The van der Waals surface area contributed by atoms with Gasteiger partial charge in [0, 0.05) is 11.6 Å². The fraction of sp³-hybridized carbons (Fsp3) is 0.143. The molecule has 1 atom stereocenters. The molecule has 0 fully saturated rings. The van der Waals surface area contributed by atoms with Crippen molar-refractivity contribution in [3.63, 3.8) is 0 Å². The van der Waals surface area contributed by atoms with Crippen LogP contribution in [-0.2, 0) is 0 Å². The summed E-state index contributed by atoms with van der Waals surface area (Å²) >= 11 is 0. The maximum atomic E-state index is 13.5. The molecule has 2 N–H and O–H groups in total. The zero-order valence-corrected chi connectivity index (χ0v) is 9.86. The van der Waals surface area contributed by atoms with Crippen LogP contribution in [-0.4, -0.2) is 0 Å². The van der Waals surface area contributed by atoms with E-state index in [9.17, 15) is 8.78 Å². The van der Waals surface area contributed by atoms with E-state index in [-0.39, 0.29) is 11.8 Å². The minimum atomic E-state index is -1.00. The molecule has 2 nitrogen and oxygen atoms in total. The lowest BCUT2D eigenvalue weighted by Crippen LogP contribution is -2.06. The Morgan fingerprint density at radius 1 is 1.00 bits per heavy atom. The number of halogens is 2. The van der Waals surface area contributed by atoms with Crippen LogP contribution in [0.3, 0.4) is 0 Å². The standard InChI is InChI=1S/C14H13F2NO/c1-9(17)10-5-2-3-7-12(10)18-13-8-4-6-11(15)14(13)16/h2-9H,17H2,1H3/t9-/m1/s1. The third-order valence-corrected chi connectivity index (χ3v) is 2.55. The molecule has 0 radical (unpaired) electrons. The molecule has 0 saturated heterocycles. The van der Waals surface area contributed by atoms with E-state index in [0.717, 1.165) is 11.6 Å². The van der Waals surface area contributed by atoms with E-state index >= 15 is 0 Å². The topological polar surface area (TPSA) is 35.2 Å². The van der Waals surface area contributed by atoms with Gasteiger partial charge in [0.05, 0.1) is 0 Å². The van der Waals surface area contributed by atoms with Crippen molar-refractivity contribution in [2.75, 3.05) is 0 Å². The summed E-state index contributed by atoms with van der Waals surface area (Å²) in [5.74, 6) is -1.66. The van der Waals surface area contributed by atoms with Crippen molar-refractivity contribution < 1.29 is 13.5 Å². The Bertz CT molecular complexity index is 555. The third kappa shape index (κ3) is 2.49. The van der Waals surface area contributed by atoms with E-state index < -0.39 is 11.6 Å². The Hall–Kier alpha value is -1.94. The number of para-hydroxylation sites is 1. The van der Waals surface area contributed by atoms with Crippen LogP contribution in [0.15, 0.2) is 42.5 Å². The van der Waals surface area contributed by atoms with Gasteiger partial charge in [0.25, 0.3) is 0 Å². The molecule has 0 saturated carbocycles. The molecule has 94 valence electrons. The van der Waals surface area contributed by atoms with Crippen molar-refractivity contribution in [2.45, 2.75) is 13.0 Å². The SMILES string of the molecule is C[C@@H](N)c1ccccc1Oc1cccc(F)c1F. The first-order valence-electron chi connectivity index (χ1n) is 5.56. The molecule has 2 aromatic carbocycles. The van der Waals surface area contributed by atoms with Crippen LogP contribution in [0.2, 0.25) is 0 Å². The van der Waals surface area contributed by atoms with Crippen molar-refractivity contribution in [3.8, 4) is 11.5 Å². The van der Waals surface area contributed by atoms with Crippen molar-refractivity contribution in [1.29, 1.82) is 0 Å². The number of nitrogens with two attached hydrogens (primary N) is 1. The molecule has 0 bridgehead atoms. The molecule has 0 aliphatic carbocycles. The van der Waals surface area contributed by atoms with Gasteiger partial charge in [-0.25, -0.2) is 4.39 Å². The normalized spacial score (nSPS) is 12.2. The second-order valence-corrected chi connectivity index (χ2v) is 3.98. The molecule has 0 aromatic heterocycles. The van der Waals surface area contributed by atoms with E-state index in [1.165, 1.54) is 12.1 Å². The second-order valence-electron chi connectivity index (χ2n) is 3.98. The molecule has 2 rings (SSSR count). The van der Waals surface area contributed by atoms with E-state index in [2.05, 4.69) is 0 Å². The van der Waals surface area contributed by atoms with E-state index in [4.69, 9.17) is 10.5 Å². The van der Waals surface area contributed by atoms with Crippen molar-refractivity contribution in [3.05, 3.63) is 59.7 Å². The van der Waals surface area contributed by atoms with E-state index in [1.807, 2.05) is 6.07 Å². The van der Waals surface area contributed by atoms with Gasteiger partial charge in [0.1, 0.15) is 5.75 Å². The summed E-state index contributed by atoms with van der Waals surface area (Å²) in [6, 6.07) is 10.6. The highest BCUT2D eigenvalue weighted by molar-refractivity contribution is 5.39. The minimum absolute atomic E-state index is 0.150. The first kappa shape index (κ1) is 12.5. The first-order chi connectivity index (χ1) is 8.59. The smallest absolute Gasteiger partial charge is 0.201 e. The van der Waals surface area contributed by atoms with Crippen molar-refractivity contribution >= 4 is 0 Å². The zero-order chi connectivity index (χ0) is 13.1. The molecule has 2 aromatic rings. The van der Waals surface area contributed by atoms with Crippen LogP contribution in [0.4, 0.5) is 8.78 Å². The predicted molar refractivity (Wildman–Crippen MR) is 65.5 cm³/mol. The van der Waals surface area contributed by atoms with Crippen molar-refractivity contribution in [2.24, 2.45) is 5.73 Å². The minimum Gasteiger partial charge on any atom is -0.454 e. The maximum absolute atomic E-state index is 13.5. The molecule has 0 unspecified atom stereocenters. The van der Waals surface area contributed by atoms with E-state index in [1.54, 1.807) is 25.1 Å². The summed E-state index contributed by atoms with van der Waals surface area (Å²) in [6.45, 7) is 1.80. The molecule has 0 amide bonds. The Morgan fingerprint density at radius 3 is 2.39 bits per heavy atom. The van der Waals surface area contributed by atoms with Gasteiger partial charge in [-0.15, -0.1) is 0 Å². The largest absolute Gasteiger partial charge is 0.454 e. The summed E-state index contributed by atoms with van der Waals surface area (Å²) in [4.78, 5) is 0. The molecule has 0 aliphatic heterocycles. The number of hydrogen-bond acceptors (Lipinski definition) is 2. The number of benzene rings is 2. The van der Waals surface area contributed by atoms with Crippen molar-refractivity contribution in [1.82, 2.24) is 0 Å². The average molecular weight is 249 g/mol. The Morgan fingerprint density at radius 2 is 1.67 bits per heavy atom. The number of hydrogen-bond donors (Lipinski definition) is 1. The van der Waals surface area contributed by atoms with Gasteiger partial charge in [-0.1, -0.05) is 24.3 Å². The maximum Gasteiger partial charge on any atom is 0.201 e. The monoisotopic (exact) mass is 249 g/mol. The fourth-order valence-corrected chi connectivity index (χ4v) is 1.63. The predicted octanol–water partition coefficient (Wildman–Crippen LogP) is 3.78. The van der Waals surface area contributed by atoms with Gasteiger partial charge in [-0.05, 0) is 25.1 Å². The van der Waals surface area contributed by atoms with Gasteiger partial charge < -0.3 is 10.5 Å². The summed E-state index contributed by atoms with van der Waals surface area (Å²) in [5.41, 5.74) is 6.53. The van der Waals surface area contributed by atoms with E-state index in [0.29, 0.717) is 5.75 Å². The summed E-state index contributed by atoms with van der Waals surface area (Å²) < 4.78 is 31.9.